The Hall–Kier alpha value is -1.17. The number of nitrogens with zero attached hydrogens (tertiary/aromatic N) is 1. The number of amides is 1. The van der Waals surface area contributed by atoms with Crippen LogP contribution in [0, 0.1) is 11.6 Å². The van der Waals surface area contributed by atoms with Gasteiger partial charge in [0, 0.05) is 19.2 Å². The SMILES string of the molecule is CC(Nc1cc(F)c(Br)cc1F)C(=O)N1CCCCCC1. The lowest BCUT2D eigenvalue weighted by molar-refractivity contribution is -0.131. The van der Waals surface area contributed by atoms with E-state index in [0.717, 1.165) is 50.9 Å². The van der Waals surface area contributed by atoms with E-state index in [0.29, 0.717) is 0 Å². The van der Waals surface area contributed by atoms with Crippen molar-refractivity contribution in [1.29, 1.82) is 0 Å². The van der Waals surface area contributed by atoms with Crippen molar-refractivity contribution in [3.63, 3.8) is 0 Å². The Morgan fingerprint density at radius 2 is 1.81 bits per heavy atom. The van der Waals surface area contributed by atoms with Crippen molar-refractivity contribution in [2.24, 2.45) is 0 Å². The van der Waals surface area contributed by atoms with Crippen LogP contribution in [0.15, 0.2) is 16.6 Å². The number of carbonyl (C=O) groups is 1. The second-order valence-corrected chi connectivity index (χ2v) is 6.21. The molecule has 0 bridgehead atoms. The Bertz CT molecular complexity index is 517. The number of hydrogen-bond donors (Lipinski definition) is 1. The second kappa shape index (κ2) is 7.20. The summed E-state index contributed by atoms with van der Waals surface area (Å²) in [6.07, 6.45) is 4.27. The first-order chi connectivity index (χ1) is 9.99. The van der Waals surface area contributed by atoms with Gasteiger partial charge in [-0.15, -0.1) is 0 Å². The smallest absolute Gasteiger partial charge is 0.244 e. The second-order valence-electron chi connectivity index (χ2n) is 5.35. The zero-order valence-electron chi connectivity index (χ0n) is 12.0. The van der Waals surface area contributed by atoms with E-state index in [1.807, 2.05) is 0 Å². The van der Waals surface area contributed by atoms with Gasteiger partial charge in [0.1, 0.15) is 17.7 Å². The lowest BCUT2D eigenvalue weighted by Gasteiger charge is -2.25. The molecule has 0 spiro atoms. The molecular formula is C15H19BrF2N2O. The molecule has 1 N–H and O–H groups in total. The minimum Gasteiger partial charge on any atom is -0.371 e. The minimum absolute atomic E-state index is 0.00590. The molecule has 1 aliphatic heterocycles. The van der Waals surface area contributed by atoms with Crippen LogP contribution in [0.25, 0.3) is 0 Å². The van der Waals surface area contributed by atoms with E-state index in [-0.39, 0.29) is 16.1 Å². The highest BCUT2D eigenvalue weighted by Gasteiger charge is 2.22. The number of nitrogens with one attached hydrogen (secondary N) is 1. The van der Waals surface area contributed by atoms with E-state index in [2.05, 4.69) is 21.2 Å². The van der Waals surface area contributed by atoms with Gasteiger partial charge in [-0.25, -0.2) is 8.78 Å². The molecule has 1 heterocycles. The number of carbonyl (C=O) groups excluding carboxylic acids is 1. The van der Waals surface area contributed by atoms with E-state index >= 15 is 0 Å². The van der Waals surface area contributed by atoms with Gasteiger partial charge in [0.15, 0.2) is 0 Å². The van der Waals surface area contributed by atoms with Gasteiger partial charge in [-0.3, -0.25) is 4.79 Å². The number of likely N-dealkylation sites (tertiary alicyclic amines) is 1. The van der Waals surface area contributed by atoms with Crippen LogP contribution in [0.5, 0.6) is 0 Å². The van der Waals surface area contributed by atoms with Crippen molar-refractivity contribution >= 4 is 27.5 Å². The molecule has 1 unspecified atom stereocenters. The first-order valence-corrected chi connectivity index (χ1v) is 7.98. The quantitative estimate of drug-likeness (QED) is 0.828. The van der Waals surface area contributed by atoms with Crippen LogP contribution in [0.1, 0.15) is 32.6 Å². The molecule has 0 radical (unpaired) electrons. The number of anilines is 1. The summed E-state index contributed by atoms with van der Waals surface area (Å²) < 4.78 is 27.3. The van der Waals surface area contributed by atoms with Gasteiger partial charge in [0.05, 0.1) is 10.2 Å². The highest BCUT2D eigenvalue weighted by molar-refractivity contribution is 9.10. The molecule has 0 saturated carbocycles. The molecule has 1 atom stereocenters. The van der Waals surface area contributed by atoms with Crippen molar-refractivity contribution in [2.45, 2.75) is 38.6 Å². The number of benzene rings is 1. The third-order valence-corrected chi connectivity index (χ3v) is 4.28. The summed E-state index contributed by atoms with van der Waals surface area (Å²) in [5, 5.41) is 2.77. The lowest BCUT2D eigenvalue weighted by Crippen LogP contribution is -2.42. The fourth-order valence-electron chi connectivity index (χ4n) is 2.49. The molecule has 0 aliphatic carbocycles. The van der Waals surface area contributed by atoms with Crippen molar-refractivity contribution < 1.29 is 13.6 Å². The fourth-order valence-corrected chi connectivity index (χ4v) is 2.81. The molecule has 0 aromatic heterocycles. The molecule has 3 nitrogen and oxygen atoms in total. The van der Waals surface area contributed by atoms with Crippen molar-refractivity contribution in [3.8, 4) is 0 Å². The summed E-state index contributed by atoms with van der Waals surface area (Å²) in [5.74, 6) is -1.22. The Morgan fingerprint density at radius 1 is 1.19 bits per heavy atom. The molecule has 1 saturated heterocycles. The highest BCUT2D eigenvalue weighted by Crippen LogP contribution is 2.24. The Labute approximate surface area is 131 Å². The van der Waals surface area contributed by atoms with Gasteiger partial charge in [0.25, 0.3) is 0 Å². The first kappa shape index (κ1) is 16.2. The van der Waals surface area contributed by atoms with Crippen LogP contribution >= 0.6 is 15.9 Å². The van der Waals surface area contributed by atoms with Crippen LogP contribution < -0.4 is 5.32 Å². The van der Waals surface area contributed by atoms with Gasteiger partial charge in [-0.2, -0.15) is 0 Å². The lowest BCUT2D eigenvalue weighted by atomic mass is 10.2. The normalized spacial score (nSPS) is 17.2. The van der Waals surface area contributed by atoms with E-state index in [1.54, 1.807) is 11.8 Å². The summed E-state index contributed by atoms with van der Waals surface area (Å²) in [7, 11) is 0. The topological polar surface area (TPSA) is 32.3 Å². The zero-order valence-corrected chi connectivity index (χ0v) is 13.6. The Morgan fingerprint density at radius 3 is 2.43 bits per heavy atom. The van der Waals surface area contributed by atoms with E-state index in [9.17, 15) is 13.6 Å². The molecule has 1 aromatic carbocycles. The standard InChI is InChI=1S/C15H19BrF2N2O/c1-10(15(21)20-6-4-2-3-5-7-20)19-14-9-12(17)11(16)8-13(14)18/h8-10,19H,2-7H2,1H3. The molecule has 6 heteroatoms. The Kier molecular flexibility index (Phi) is 5.56. The maximum absolute atomic E-state index is 13.8. The van der Waals surface area contributed by atoms with E-state index in [4.69, 9.17) is 0 Å². The van der Waals surface area contributed by atoms with Gasteiger partial charge in [-0.05, 0) is 41.8 Å². The van der Waals surface area contributed by atoms with Gasteiger partial charge in [-0.1, -0.05) is 12.8 Å². The third kappa shape index (κ3) is 4.15. The minimum atomic E-state index is -0.585. The summed E-state index contributed by atoms with van der Waals surface area (Å²) in [5.41, 5.74) is 0.00590. The summed E-state index contributed by atoms with van der Waals surface area (Å²) >= 11 is 2.93. The molecule has 2 rings (SSSR count). The number of rotatable bonds is 3. The molecule has 21 heavy (non-hydrogen) atoms. The van der Waals surface area contributed by atoms with Crippen LogP contribution in [-0.2, 0) is 4.79 Å². The highest BCUT2D eigenvalue weighted by atomic mass is 79.9. The average molecular weight is 361 g/mol. The molecule has 1 aliphatic rings. The summed E-state index contributed by atoms with van der Waals surface area (Å²) in [4.78, 5) is 14.2. The first-order valence-electron chi connectivity index (χ1n) is 7.19. The third-order valence-electron chi connectivity index (χ3n) is 3.67. The fraction of sp³-hybridized carbons (Fsp3) is 0.533. The largest absolute Gasteiger partial charge is 0.371 e. The molecule has 1 fully saturated rings. The van der Waals surface area contributed by atoms with Crippen molar-refractivity contribution in [3.05, 3.63) is 28.2 Å². The van der Waals surface area contributed by atoms with Crippen molar-refractivity contribution in [1.82, 2.24) is 4.90 Å². The van der Waals surface area contributed by atoms with E-state index in [1.165, 1.54) is 0 Å². The summed E-state index contributed by atoms with van der Waals surface area (Å²) in [6, 6.07) is 1.53. The molecule has 116 valence electrons. The number of halogens is 3. The van der Waals surface area contributed by atoms with Crippen LogP contribution in [-0.4, -0.2) is 29.9 Å². The molecule has 1 amide bonds. The van der Waals surface area contributed by atoms with E-state index < -0.39 is 17.7 Å². The predicted molar refractivity (Wildman–Crippen MR) is 82.2 cm³/mol. The number of hydrogen-bond acceptors (Lipinski definition) is 2. The Balaban J connectivity index is 2.04. The maximum atomic E-state index is 13.8. The van der Waals surface area contributed by atoms with Crippen LogP contribution in [0.4, 0.5) is 14.5 Å². The van der Waals surface area contributed by atoms with Crippen molar-refractivity contribution in [2.75, 3.05) is 18.4 Å². The van der Waals surface area contributed by atoms with Gasteiger partial charge < -0.3 is 10.2 Å². The molecular weight excluding hydrogens is 342 g/mol. The monoisotopic (exact) mass is 360 g/mol. The zero-order chi connectivity index (χ0) is 15.4. The summed E-state index contributed by atoms with van der Waals surface area (Å²) in [6.45, 7) is 3.15. The maximum Gasteiger partial charge on any atom is 0.244 e. The van der Waals surface area contributed by atoms with Gasteiger partial charge >= 0.3 is 0 Å². The predicted octanol–water partition coefficient (Wildman–Crippen LogP) is 3.93. The van der Waals surface area contributed by atoms with Crippen LogP contribution in [0.2, 0.25) is 0 Å². The van der Waals surface area contributed by atoms with Crippen LogP contribution in [0.3, 0.4) is 0 Å². The average Bonchev–Trinajstić information content (AvgIpc) is 2.72. The molecule has 1 aromatic rings. The van der Waals surface area contributed by atoms with Gasteiger partial charge in [0.2, 0.25) is 5.91 Å².